The summed E-state index contributed by atoms with van der Waals surface area (Å²) in [5.41, 5.74) is 0.254. The van der Waals surface area contributed by atoms with Crippen molar-refractivity contribution in [2.24, 2.45) is 0 Å². The number of ether oxygens (including phenoxy) is 2. The number of nitrogens with zero attached hydrogens (tertiary/aromatic N) is 1. The number of likely N-dealkylation sites (tertiary alicyclic amines) is 1. The molecule has 1 saturated heterocycles. The first-order valence-corrected chi connectivity index (χ1v) is 9.15. The average molecular weight is 459 g/mol. The number of hydrogen-bond acceptors (Lipinski definition) is 5. The summed E-state index contributed by atoms with van der Waals surface area (Å²) in [6.07, 6.45) is -5.08. The van der Waals surface area contributed by atoms with E-state index < -0.39 is 23.8 Å². The van der Waals surface area contributed by atoms with Crippen molar-refractivity contribution in [3.05, 3.63) is 59.2 Å². The standard InChI is InChI=1S/C19H20FNO4.C2HF3O2/c1-24-16-8-3-13(9-17(16)25-2)10-21-11-19(20,12-21)15-6-4-14(5-7-15)18(22)23;3-2(4,5)1(6)7/h3-9H,10-12H2,1-2H3,(H,22,23);(H,6,7). The largest absolute Gasteiger partial charge is 0.493 e. The number of aromatic carboxylic acids is 1. The van der Waals surface area contributed by atoms with E-state index in [1.54, 1.807) is 26.4 Å². The summed E-state index contributed by atoms with van der Waals surface area (Å²) in [7, 11) is 3.17. The quantitative estimate of drug-likeness (QED) is 0.636. The van der Waals surface area contributed by atoms with Gasteiger partial charge in [-0.15, -0.1) is 0 Å². The van der Waals surface area contributed by atoms with E-state index in [1.165, 1.54) is 12.1 Å². The molecule has 32 heavy (non-hydrogen) atoms. The van der Waals surface area contributed by atoms with Gasteiger partial charge in [-0.2, -0.15) is 13.2 Å². The van der Waals surface area contributed by atoms with E-state index >= 15 is 0 Å². The molecule has 0 spiro atoms. The van der Waals surface area contributed by atoms with Gasteiger partial charge in [0.1, 0.15) is 0 Å². The van der Waals surface area contributed by atoms with Gasteiger partial charge in [-0.3, -0.25) is 4.90 Å². The Balaban J connectivity index is 0.000000451. The Kier molecular flexibility index (Phi) is 7.68. The van der Waals surface area contributed by atoms with Crippen molar-refractivity contribution in [1.82, 2.24) is 4.90 Å². The van der Waals surface area contributed by atoms with E-state index in [1.807, 2.05) is 23.1 Å². The molecule has 2 aromatic rings. The minimum absolute atomic E-state index is 0.161. The van der Waals surface area contributed by atoms with Crippen LogP contribution in [0.2, 0.25) is 0 Å². The second-order valence-electron chi connectivity index (χ2n) is 6.99. The van der Waals surface area contributed by atoms with Gasteiger partial charge in [-0.1, -0.05) is 18.2 Å². The first kappa shape index (κ1) is 24.9. The fourth-order valence-electron chi connectivity index (χ4n) is 3.11. The van der Waals surface area contributed by atoms with Crippen LogP contribution in [-0.4, -0.2) is 60.5 Å². The lowest BCUT2D eigenvalue weighted by molar-refractivity contribution is -0.192. The molecule has 1 aliphatic heterocycles. The second kappa shape index (κ2) is 9.86. The van der Waals surface area contributed by atoms with E-state index in [0.717, 1.165) is 5.56 Å². The third-order valence-electron chi connectivity index (χ3n) is 4.69. The molecule has 0 unspecified atom stereocenters. The highest BCUT2D eigenvalue weighted by Crippen LogP contribution is 2.37. The molecule has 174 valence electrons. The van der Waals surface area contributed by atoms with Crippen molar-refractivity contribution < 1.29 is 46.8 Å². The maximum absolute atomic E-state index is 15.0. The van der Waals surface area contributed by atoms with Crippen LogP contribution in [0.3, 0.4) is 0 Å². The Morgan fingerprint density at radius 3 is 1.97 bits per heavy atom. The highest BCUT2D eigenvalue weighted by molar-refractivity contribution is 5.87. The first-order chi connectivity index (χ1) is 14.9. The van der Waals surface area contributed by atoms with Gasteiger partial charge in [0.15, 0.2) is 17.2 Å². The highest BCUT2D eigenvalue weighted by atomic mass is 19.4. The molecule has 0 aromatic heterocycles. The maximum Gasteiger partial charge on any atom is 0.490 e. The number of carboxylic acids is 2. The van der Waals surface area contributed by atoms with Crippen LogP contribution >= 0.6 is 0 Å². The predicted molar refractivity (Wildman–Crippen MR) is 105 cm³/mol. The van der Waals surface area contributed by atoms with Gasteiger partial charge in [-0.05, 0) is 35.4 Å². The smallest absolute Gasteiger partial charge is 0.490 e. The van der Waals surface area contributed by atoms with E-state index in [4.69, 9.17) is 24.5 Å². The summed E-state index contributed by atoms with van der Waals surface area (Å²) >= 11 is 0. The third kappa shape index (κ3) is 6.10. The molecule has 1 aliphatic rings. The van der Waals surface area contributed by atoms with Crippen LogP contribution in [0.1, 0.15) is 21.5 Å². The van der Waals surface area contributed by atoms with E-state index in [9.17, 15) is 22.4 Å². The molecular formula is C21H21F4NO6. The van der Waals surface area contributed by atoms with Crippen LogP contribution in [0.15, 0.2) is 42.5 Å². The summed E-state index contributed by atoms with van der Waals surface area (Å²) in [6, 6.07) is 11.6. The number of halogens is 4. The Hall–Kier alpha value is -3.34. The van der Waals surface area contributed by atoms with E-state index in [0.29, 0.717) is 23.6 Å². The molecule has 0 amide bonds. The SMILES string of the molecule is COc1ccc(CN2CC(F)(c3ccc(C(=O)O)cc3)C2)cc1OC.O=C(O)C(F)(F)F. The summed E-state index contributed by atoms with van der Waals surface area (Å²) < 4.78 is 57.2. The van der Waals surface area contributed by atoms with Gasteiger partial charge in [-0.25, -0.2) is 14.0 Å². The molecule has 1 fully saturated rings. The van der Waals surface area contributed by atoms with Crippen LogP contribution in [0.5, 0.6) is 11.5 Å². The number of rotatable bonds is 6. The molecule has 3 rings (SSSR count). The molecule has 0 bridgehead atoms. The van der Waals surface area contributed by atoms with Crippen molar-refractivity contribution in [2.75, 3.05) is 27.3 Å². The summed E-state index contributed by atoms with van der Waals surface area (Å²) in [6.45, 7) is 1.15. The van der Waals surface area contributed by atoms with Crippen LogP contribution in [0.4, 0.5) is 17.6 Å². The zero-order chi connectivity index (χ0) is 24.1. The fourth-order valence-corrected chi connectivity index (χ4v) is 3.11. The molecule has 0 radical (unpaired) electrons. The fraction of sp³-hybridized carbons (Fsp3) is 0.333. The average Bonchev–Trinajstić information content (AvgIpc) is 2.72. The van der Waals surface area contributed by atoms with E-state index in [2.05, 4.69) is 0 Å². The van der Waals surface area contributed by atoms with E-state index in [-0.39, 0.29) is 18.7 Å². The topological polar surface area (TPSA) is 96.3 Å². The molecule has 2 N–H and O–H groups in total. The predicted octanol–water partition coefficient (Wildman–Crippen LogP) is 3.72. The van der Waals surface area contributed by atoms with Gasteiger partial charge in [0.25, 0.3) is 0 Å². The minimum atomic E-state index is -5.08. The lowest BCUT2D eigenvalue weighted by Gasteiger charge is -2.45. The van der Waals surface area contributed by atoms with Crippen molar-refractivity contribution >= 4 is 11.9 Å². The summed E-state index contributed by atoms with van der Waals surface area (Å²) in [5.74, 6) is -2.46. The Bertz CT molecular complexity index is 956. The highest BCUT2D eigenvalue weighted by Gasteiger charge is 2.44. The number of hydrogen-bond donors (Lipinski definition) is 2. The summed E-state index contributed by atoms with van der Waals surface area (Å²) in [5, 5.41) is 16.0. The van der Waals surface area contributed by atoms with Gasteiger partial charge in [0, 0.05) is 19.6 Å². The zero-order valence-corrected chi connectivity index (χ0v) is 17.1. The second-order valence-corrected chi connectivity index (χ2v) is 6.99. The minimum Gasteiger partial charge on any atom is -0.493 e. The number of methoxy groups -OCH3 is 2. The first-order valence-electron chi connectivity index (χ1n) is 9.15. The molecule has 0 saturated carbocycles. The number of aliphatic carboxylic acids is 1. The van der Waals surface area contributed by atoms with Crippen molar-refractivity contribution in [1.29, 1.82) is 0 Å². The van der Waals surface area contributed by atoms with Crippen molar-refractivity contribution in [2.45, 2.75) is 18.4 Å². The van der Waals surface area contributed by atoms with Gasteiger partial charge < -0.3 is 19.7 Å². The van der Waals surface area contributed by atoms with Crippen molar-refractivity contribution in [3.8, 4) is 11.5 Å². The monoisotopic (exact) mass is 459 g/mol. The van der Waals surface area contributed by atoms with Crippen molar-refractivity contribution in [3.63, 3.8) is 0 Å². The molecule has 2 aromatic carbocycles. The van der Waals surface area contributed by atoms with Gasteiger partial charge in [0.05, 0.1) is 19.8 Å². The molecule has 1 heterocycles. The third-order valence-corrected chi connectivity index (χ3v) is 4.69. The van der Waals surface area contributed by atoms with Crippen LogP contribution in [0, 0.1) is 0 Å². The molecule has 0 atom stereocenters. The summed E-state index contributed by atoms with van der Waals surface area (Å²) in [4.78, 5) is 21.8. The molecule has 0 aliphatic carbocycles. The molecular weight excluding hydrogens is 438 g/mol. The maximum atomic E-state index is 15.0. The molecule has 11 heteroatoms. The normalized spacial score (nSPS) is 15.1. The lowest BCUT2D eigenvalue weighted by Crippen LogP contribution is -2.55. The van der Waals surface area contributed by atoms with Crippen LogP contribution in [-0.2, 0) is 17.0 Å². The molecule has 7 nitrogen and oxygen atoms in total. The van der Waals surface area contributed by atoms with Gasteiger partial charge in [0.2, 0.25) is 0 Å². The Morgan fingerprint density at radius 1 is 1.00 bits per heavy atom. The van der Waals surface area contributed by atoms with Crippen LogP contribution < -0.4 is 9.47 Å². The Labute approximate surface area is 180 Å². The number of carboxylic acid groups (broad SMARTS) is 2. The Morgan fingerprint density at radius 2 is 1.53 bits per heavy atom. The lowest BCUT2D eigenvalue weighted by atomic mass is 9.87. The number of carbonyl (C=O) groups is 2. The number of alkyl halides is 4. The number of benzene rings is 2. The zero-order valence-electron chi connectivity index (χ0n) is 17.1. The van der Waals surface area contributed by atoms with Crippen LogP contribution in [0.25, 0.3) is 0 Å². The van der Waals surface area contributed by atoms with Gasteiger partial charge >= 0.3 is 18.1 Å².